The lowest BCUT2D eigenvalue weighted by atomic mass is 9.90. The molecule has 0 bridgehead atoms. The number of rotatable bonds is 26. The Balaban J connectivity index is 0.00000173. The number of methoxy groups -OCH3 is 1. The molecule has 1 aromatic carbocycles. The zero-order valence-electron chi connectivity index (χ0n) is 39.5. The molecule has 66 heavy (non-hydrogen) atoms. The molecule has 360 valence electrons. The largest absolute Gasteiger partial charge is 0.481 e. The van der Waals surface area contributed by atoms with Crippen LogP contribution in [0.25, 0.3) is 22.1 Å². The molecule has 5 aromatic rings. The van der Waals surface area contributed by atoms with Crippen molar-refractivity contribution < 1.29 is 33.3 Å². The number of carbonyl (C=O) groups is 2. The SMILES string of the molecule is CCCC(C=O)n1c(=O)n(C)c2cc(CCCOCCOCCOCCOCCN3CCC(c4cn(C5CCCCC5)c5nc(Nc6ccnc(OC)c6)ncc45)CC3)ccc21.CNC=O. The first kappa shape index (κ1) is 50.2. The molecular weight excluding hydrogens is 843 g/mol. The van der Waals surface area contributed by atoms with E-state index in [0.717, 1.165) is 86.0 Å². The first-order chi connectivity index (χ1) is 32.4. The van der Waals surface area contributed by atoms with Gasteiger partial charge < -0.3 is 48.6 Å². The maximum atomic E-state index is 12.9. The summed E-state index contributed by atoms with van der Waals surface area (Å²) >= 11 is 0. The predicted molar refractivity (Wildman–Crippen MR) is 256 cm³/mol. The summed E-state index contributed by atoms with van der Waals surface area (Å²) in [5, 5.41) is 6.78. The van der Waals surface area contributed by atoms with E-state index in [1.807, 2.05) is 43.5 Å². The van der Waals surface area contributed by atoms with E-state index in [-0.39, 0.29) is 5.69 Å². The number of amides is 1. The van der Waals surface area contributed by atoms with Crippen LogP contribution in [0.1, 0.15) is 100 Å². The van der Waals surface area contributed by atoms with E-state index in [2.05, 4.69) is 31.3 Å². The summed E-state index contributed by atoms with van der Waals surface area (Å²) < 4.78 is 34.1. The second-order valence-corrected chi connectivity index (χ2v) is 17.0. The molecule has 2 aliphatic rings. The third-order valence-electron chi connectivity index (χ3n) is 12.6. The highest BCUT2D eigenvalue weighted by atomic mass is 16.6. The lowest BCUT2D eigenvalue weighted by Crippen LogP contribution is -2.35. The molecule has 5 heterocycles. The third-order valence-corrected chi connectivity index (χ3v) is 12.6. The van der Waals surface area contributed by atoms with Crippen molar-refractivity contribution in [1.29, 1.82) is 0 Å². The van der Waals surface area contributed by atoms with Crippen molar-refractivity contribution in [2.45, 2.75) is 95.6 Å². The van der Waals surface area contributed by atoms with Gasteiger partial charge in [-0.15, -0.1) is 0 Å². The minimum Gasteiger partial charge on any atom is -0.481 e. The van der Waals surface area contributed by atoms with Crippen LogP contribution in [0.4, 0.5) is 11.6 Å². The highest BCUT2D eigenvalue weighted by Crippen LogP contribution is 2.38. The highest BCUT2D eigenvalue weighted by molar-refractivity contribution is 5.82. The van der Waals surface area contributed by atoms with E-state index in [1.165, 1.54) is 43.1 Å². The lowest BCUT2D eigenvalue weighted by Gasteiger charge is -2.31. The van der Waals surface area contributed by atoms with Crippen LogP contribution in [-0.4, -0.2) is 133 Å². The van der Waals surface area contributed by atoms with Gasteiger partial charge in [0.2, 0.25) is 18.2 Å². The van der Waals surface area contributed by atoms with E-state index in [9.17, 15) is 9.59 Å². The van der Waals surface area contributed by atoms with Crippen LogP contribution in [-0.2, 0) is 42.0 Å². The molecule has 17 heteroatoms. The number of ether oxygens (including phenoxy) is 5. The number of imidazole rings is 1. The van der Waals surface area contributed by atoms with E-state index < -0.39 is 6.04 Å². The monoisotopic (exact) mass is 914 g/mol. The summed E-state index contributed by atoms with van der Waals surface area (Å²) in [4.78, 5) is 50.2. The van der Waals surface area contributed by atoms with Gasteiger partial charge in [-0.25, -0.2) is 14.8 Å². The summed E-state index contributed by atoms with van der Waals surface area (Å²) in [6, 6.07) is 9.83. The van der Waals surface area contributed by atoms with Crippen LogP contribution >= 0.6 is 0 Å². The van der Waals surface area contributed by atoms with Gasteiger partial charge in [0, 0.05) is 69.0 Å². The van der Waals surface area contributed by atoms with Gasteiger partial charge in [0.25, 0.3) is 0 Å². The molecule has 1 aliphatic carbocycles. The van der Waals surface area contributed by atoms with Crippen molar-refractivity contribution in [3.8, 4) is 5.88 Å². The van der Waals surface area contributed by atoms with Gasteiger partial charge in [0.15, 0.2) is 0 Å². The van der Waals surface area contributed by atoms with Crippen LogP contribution in [0.15, 0.2) is 53.7 Å². The number of nitrogens with one attached hydrogen (secondary N) is 2. The summed E-state index contributed by atoms with van der Waals surface area (Å²) in [7, 11) is 4.94. The summed E-state index contributed by atoms with van der Waals surface area (Å²) in [5.41, 5.74) is 5.89. The molecule has 1 aliphatic heterocycles. The number of hydrogen-bond donors (Lipinski definition) is 2. The van der Waals surface area contributed by atoms with Crippen molar-refractivity contribution in [3.05, 3.63) is 70.5 Å². The van der Waals surface area contributed by atoms with E-state index in [0.29, 0.717) is 89.5 Å². The number of likely N-dealkylation sites (tertiary alicyclic amines) is 1. The zero-order chi connectivity index (χ0) is 46.5. The van der Waals surface area contributed by atoms with Gasteiger partial charge >= 0.3 is 5.69 Å². The quantitative estimate of drug-likeness (QED) is 0.0453. The average molecular weight is 914 g/mol. The molecule has 1 unspecified atom stereocenters. The van der Waals surface area contributed by atoms with Crippen LogP contribution in [0.2, 0.25) is 0 Å². The van der Waals surface area contributed by atoms with Crippen molar-refractivity contribution in [2.24, 2.45) is 7.05 Å². The summed E-state index contributed by atoms with van der Waals surface area (Å²) in [6.07, 6.45) is 19.3. The molecule has 0 spiro atoms. The first-order valence-corrected chi connectivity index (χ1v) is 23.8. The fourth-order valence-corrected chi connectivity index (χ4v) is 9.05. The molecule has 2 N–H and O–H groups in total. The van der Waals surface area contributed by atoms with Crippen molar-refractivity contribution in [1.82, 2.24) is 38.9 Å². The number of carbonyl (C=O) groups excluding carboxylic acids is 2. The smallest absolute Gasteiger partial charge is 0.329 e. The van der Waals surface area contributed by atoms with Crippen LogP contribution < -0.4 is 21.1 Å². The second-order valence-electron chi connectivity index (χ2n) is 17.0. The van der Waals surface area contributed by atoms with Gasteiger partial charge in [-0.3, -0.25) is 13.9 Å². The number of aldehydes is 1. The fraction of sp³-hybridized carbons (Fsp3) is 0.592. The molecular formula is C49H71N9O8. The number of aryl methyl sites for hydroxylation is 2. The average Bonchev–Trinajstić information content (AvgIpc) is 3.85. The number of aromatic nitrogens is 6. The van der Waals surface area contributed by atoms with Crippen molar-refractivity contribution >= 4 is 46.4 Å². The number of pyridine rings is 1. The fourth-order valence-electron chi connectivity index (χ4n) is 9.05. The van der Waals surface area contributed by atoms with Gasteiger partial charge in [0.05, 0.1) is 70.4 Å². The van der Waals surface area contributed by atoms with E-state index in [4.69, 9.17) is 38.4 Å². The van der Waals surface area contributed by atoms with Crippen molar-refractivity contribution in [2.75, 3.05) is 92.0 Å². The molecule has 1 amide bonds. The number of fused-ring (bicyclic) bond motifs is 2. The predicted octanol–water partition coefficient (Wildman–Crippen LogP) is 6.52. The molecule has 17 nitrogen and oxygen atoms in total. The Bertz CT molecular complexity index is 2300. The number of anilines is 2. The normalized spacial score (nSPS) is 15.4. The summed E-state index contributed by atoms with van der Waals surface area (Å²) in [6.45, 7) is 9.56. The van der Waals surface area contributed by atoms with Gasteiger partial charge in [-0.05, 0) is 93.3 Å². The van der Waals surface area contributed by atoms with Gasteiger partial charge in [0.1, 0.15) is 11.9 Å². The zero-order valence-corrected chi connectivity index (χ0v) is 39.5. The number of nitrogens with zero attached hydrogens (tertiary/aromatic N) is 7. The molecule has 0 radical (unpaired) electrons. The Hall–Kier alpha value is -5.20. The maximum absolute atomic E-state index is 12.9. The number of piperidine rings is 1. The molecule has 1 saturated carbocycles. The Labute approximate surface area is 388 Å². The third kappa shape index (κ3) is 13.9. The maximum Gasteiger partial charge on any atom is 0.329 e. The second kappa shape index (κ2) is 26.8. The molecule has 7 rings (SSSR count). The molecule has 1 atom stereocenters. The van der Waals surface area contributed by atoms with E-state index in [1.54, 1.807) is 36.5 Å². The minimum absolute atomic E-state index is 0.153. The topological polar surface area (TPSA) is 178 Å². The summed E-state index contributed by atoms with van der Waals surface area (Å²) in [5.74, 6) is 1.61. The number of benzene rings is 1. The van der Waals surface area contributed by atoms with Gasteiger partial charge in [-0.1, -0.05) is 38.7 Å². The Morgan fingerprint density at radius 3 is 2.23 bits per heavy atom. The Morgan fingerprint density at radius 2 is 1.56 bits per heavy atom. The highest BCUT2D eigenvalue weighted by Gasteiger charge is 2.27. The molecule has 1 saturated heterocycles. The minimum atomic E-state index is -0.435. The van der Waals surface area contributed by atoms with Gasteiger partial charge in [-0.2, -0.15) is 4.98 Å². The van der Waals surface area contributed by atoms with Crippen LogP contribution in [0, 0.1) is 0 Å². The van der Waals surface area contributed by atoms with Crippen LogP contribution in [0.5, 0.6) is 5.88 Å². The van der Waals surface area contributed by atoms with Crippen LogP contribution in [0.3, 0.4) is 0 Å². The molecule has 4 aromatic heterocycles. The Morgan fingerprint density at radius 1 is 0.864 bits per heavy atom. The van der Waals surface area contributed by atoms with Crippen molar-refractivity contribution in [3.63, 3.8) is 0 Å². The standard InChI is InChI=1S/C47H66N8O7.C2H5NO/c1-4-9-39(34-56)55-42-14-13-35(30-43(42)52(2)47(55)57)10-8-22-59-24-26-61-28-29-62-27-25-60-23-21-53-19-16-36(17-20-53)41-33-54(38-11-6-5-7-12-38)45-40(41)32-49-46(51-45)50-37-15-18-48-44(31-37)58-3;1-3-2-4/h13-15,18,30-34,36,38-39H,4-12,16-17,19-29H2,1-3H3,(H,48,49,50,51);2H,1H3,(H,3,4). The molecule has 2 fully saturated rings. The Kier molecular flexibility index (Phi) is 20.4. The lowest BCUT2D eigenvalue weighted by molar-refractivity contribution is -0.111. The number of hydrogen-bond acceptors (Lipinski definition) is 13. The van der Waals surface area contributed by atoms with E-state index >= 15 is 0 Å². The first-order valence-electron chi connectivity index (χ1n) is 23.8.